The van der Waals surface area contributed by atoms with Crippen LogP contribution in [0, 0.1) is 0 Å². The zero-order chi connectivity index (χ0) is 52.0. The first-order valence-electron chi connectivity index (χ1n) is 26.7. The summed E-state index contributed by atoms with van der Waals surface area (Å²) in [5.41, 5.74) is 0. The molecule has 0 spiro atoms. The van der Waals surface area contributed by atoms with E-state index in [1.54, 1.807) is 12.2 Å². The largest absolute Gasteiger partial charge is 0.394 e. The molecule has 0 aromatic heterocycles. The highest BCUT2D eigenvalue weighted by Gasteiger charge is 2.53. The summed E-state index contributed by atoms with van der Waals surface area (Å²) < 4.78 is 34.1. The molecule has 17 atom stereocenters. The third-order valence-corrected chi connectivity index (χ3v) is 13.5. The molecule has 0 aromatic carbocycles. The molecule has 0 radical (unpaired) electrons. The normalized spacial score (nSPS) is 32.5. The van der Waals surface area contributed by atoms with E-state index in [1.165, 1.54) is 83.5 Å². The summed E-state index contributed by atoms with van der Waals surface area (Å²) in [7, 11) is 0. The fourth-order valence-electron chi connectivity index (χ4n) is 9.05. The van der Waals surface area contributed by atoms with Crippen molar-refractivity contribution in [1.29, 1.82) is 0 Å². The van der Waals surface area contributed by atoms with Crippen LogP contribution in [0.2, 0.25) is 0 Å². The summed E-state index contributed by atoms with van der Waals surface area (Å²) in [5, 5.41) is 119. The highest BCUT2D eigenvalue weighted by molar-refractivity contribution is 5.76. The lowest BCUT2D eigenvalue weighted by Gasteiger charge is -2.48. The fourth-order valence-corrected chi connectivity index (χ4v) is 9.05. The van der Waals surface area contributed by atoms with Crippen molar-refractivity contribution in [2.24, 2.45) is 0 Å². The smallest absolute Gasteiger partial charge is 0.220 e. The number of aliphatic hydroxyl groups is 11. The molecule has 414 valence electrons. The maximum absolute atomic E-state index is 13.2. The quantitative estimate of drug-likeness (QED) is 0.0314. The number of hydrogen-bond acceptors (Lipinski definition) is 18. The molecule has 19 heteroatoms. The van der Waals surface area contributed by atoms with Crippen LogP contribution in [0.25, 0.3) is 0 Å². The average molecular weight is 1020 g/mol. The molecule has 17 unspecified atom stereocenters. The molecule has 3 rings (SSSR count). The van der Waals surface area contributed by atoms with E-state index in [0.717, 1.165) is 38.5 Å². The first-order valence-corrected chi connectivity index (χ1v) is 26.7. The van der Waals surface area contributed by atoms with E-state index in [4.69, 9.17) is 28.4 Å². The van der Waals surface area contributed by atoms with Crippen molar-refractivity contribution >= 4 is 5.91 Å². The Morgan fingerprint density at radius 1 is 0.521 bits per heavy atom. The van der Waals surface area contributed by atoms with E-state index in [0.29, 0.717) is 12.8 Å². The zero-order valence-electron chi connectivity index (χ0n) is 42.4. The summed E-state index contributed by atoms with van der Waals surface area (Å²) in [6.07, 6.45) is 8.97. The van der Waals surface area contributed by atoms with Crippen molar-refractivity contribution in [3.8, 4) is 0 Å². The van der Waals surface area contributed by atoms with Gasteiger partial charge in [-0.3, -0.25) is 4.79 Å². The van der Waals surface area contributed by atoms with Gasteiger partial charge in [0.25, 0.3) is 0 Å². The van der Waals surface area contributed by atoms with Crippen molar-refractivity contribution in [2.75, 3.05) is 26.4 Å². The molecule has 3 heterocycles. The number of nitrogens with one attached hydrogen (secondary N) is 1. The highest BCUT2D eigenvalue weighted by atomic mass is 16.8. The SMILES string of the molecule is C/C=C/CC/C=C/CC/C=C/C(O)C(COC1OC(CO)C(OC2OC(CO)C(OC3OC(CO)C(O)C(O)C3O)C(O)C2O)C(O)C1O)NC(=O)CCCCCCCCCCCCCCCCCCC. The molecule has 19 nitrogen and oxygen atoms in total. The first kappa shape index (κ1) is 63.3. The summed E-state index contributed by atoms with van der Waals surface area (Å²) >= 11 is 0. The van der Waals surface area contributed by atoms with E-state index in [2.05, 4.69) is 30.5 Å². The zero-order valence-corrected chi connectivity index (χ0v) is 42.4. The number of carbonyl (C=O) groups excluding carboxylic acids is 1. The van der Waals surface area contributed by atoms with Crippen LogP contribution in [-0.4, -0.2) is 193 Å². The minimum Gasteiger partial charge on any atom is -0.394 e. The highest BCUT2D eigenvalue weighted by Crippen LogP contribution is 2.33. The third kappa shape index (κ3) is 22.4. The van der Waals surface area contributed by atoms with Gasteiger partial charge in [-0.05, 0) is 39.0 Å². The molecular formula is C52H93NO18. The van der Waals surface area contributed by atoms with Gasteiger partial charge in [-0.25, -0.2) is 0 Å². The van der Waals surface area contributed by atoms with E-state index in [1.807, 2.05) is 13.0 Å². The molecule has 71 heavy (non-hydrogen) atoms. The van der Waals surface area contributed by atoms with Gasteiger partial charge in [0, 0.05) is 6.42 Å². The molecule has 1 amide bonds. The number of amides is 1. The Morgan fingerprint density at radius 2 is 0.930 bits per heavy atom. The molecule has 3 aliphatic heterocycles. The second kappa shape index (κ2) is 36.9. The number of aliphatic hydroxyl groups excluding tert-OH is 11. The maximum atomic E-state index is 13.2. The molecule has 3 saturated heterocycles. The topological polar surface area (TPSA) is 307 Å². The van der Waals surface area contributed by atoms with Crippen molar-refractivity contribution in [3.05, 3.63) is 36.5 Å². The monoisotopic (exact) mass is 1020 g/mol. The summed E-state index contributed by atoms with van der Waals surface area (Å²) in [4.78, 5) is 13.2. The molecular weight excluding hydrogens is 927 g/mol. The Bertz CT molecular complexity index is 1450. The first-order chi connectivity index (χ1) is 34.3. The lowest BCUT2D eigenvalue weighted by molar-refractivity contribution is -0.379. The molecule has 3 fully saturated rings. The Balaban J connectivity index is 1.52. The van der Waals surface area contributed by atoms with Gasteiger partial charge in [-0.1, -0.05) is 146 Å². The maximum Gasteiger partial charge on any atom is 0.220 e. The van der Waals surface area contributed by atoms with Gasteiger partial charge < -0.3 is 89.9 Å². The number of ether oxygens (including phenoxy) is 6. The van der Waals surface area contributed by atoms with Crippen LogP contribution < -0.4 is 5.32 Å². The van der Waals surface area contributed by atoms with Crippen molar-refractivity contribution in [2.45, 2.75) is 259 Å². The van der Waals surface area contributed by atoms with Gasteiger partial charge in [-0.15, -0.1) is 0 Å². The van der Waals surface area contributed by atoms with Crippen molar-refractivity contribution < 1.29 is 89.4 Å². The fraction of sp³-hybridized carbons (Fsp3) is 0.865. The van der Waals surface area contributed by atoms with Crippen LogP contribution in [-0.2, 0) is 33.2 Å². The van der Waals surface area contributed by atoms with Gasteiger partial charge in [0.2, 0.25) is 5.91 Å². The Hall–Kier alpha value is -1.99. The van der Waals surface area contributed by atoms with Crippen LogP contribution in [0.5, 0.6) is 0 Å². The molecule has 0 aromatic rings. The summed E-state index contributed by atoms with van der Waals surface area (Å²) in [5.74, 6) is -0.293. The van der Waals surface area contributed by atoms with E-state index >= 15 is 0 Å². The summed E-state index contributed by atoms with van der Waals surface area (Å²) in [6.45, 7) is 1.43. The van der Waals surface area contributed by atoms with Crippen molar-refractivity contribution in [3.63, 3.8) is 0 Å². The Kier molecular flexibility index (Phi) is 32.9. The van der Waals surface area contributed by atoms with Gasteiger partial charge in [0.15, 0.2) is 18.9 Å². The lowest BCUT2D eigenvalue weighted by Crippen LogP contribution is -2.66. The van der Waals surface area contributed by atoms with E-state index in [9.17, 15) is 61.0 Å². The second-order valence-electron chi connectivity index (χ2n) is 19.3. The van der Waals surface area contributed by atoms with Gasteiger partial charge in [-0.2, -0.15) is 0 Å². The van der Waals surface area contributed by atoms with Gasteiger partial charge >= 0.3 is 0 Å². The summed E-state index contributed by atoms with van der Waals surface area (Å²) in [6, 6.07) is -0.990. The minimum atomic E-state index is -1.98. The standard InChI is InChI=1S/C52H93NO18/c1-3-5-7-9-11-13-14-15-16-17-18-19-20-22-24-26-28-30-40(58)53-35(36(57)29-27-25-23-21-12-10-8-6-4-2)34-66-50-46(64)43(61)48(38(32-55)68-50)71-52-47(65)44(62)49(39(33-56)69-52)70-51-45(63)42(60)41(59)37(31-54)67-51/h4,6,12,21,27,29,35-39,41-52,54-57,59-65H,3,5,7-11,13-20,22-26,28,30-34H2,1-2H3,(H,53,58)/b6-4+,21-12+,29-27+. The van der Waals surface area contributed by atoms with Gasteiger partial charge in [0.1, 0.15) is 73.2 Å². The number of hydrogen-bond donors (Lipinski definition) is 12. The number of unbranched alkanes of at least 4 members (excludes halogenated alkanes) is 18. The second-order valence-corrected chi connectivity index (χ2v) is 19.3. The van der Waals surface area contributed by atoms with Crippen molar-refractivity contribution in [1.82, 2.24) is 5.32 Å². The molecule has 0 saturated carbocycles. The molecule has 0 bridgehead atoms. The predicted octanol–water partition coefficient (Wildman–Crippen LogP) is 2.59. The van der Waals surface area contributed by atoms with Crippen LogP contribution in [0.4, 0.5) is 0 Å². The molecule has 0 aliphatic carbocycles. The van der Waals surface area contributed by atoms with E-state index < -0.39 is 124 Å². The Morgan fingerprint density at radius 3 is 1.41 bits per heavy atom. The van der Waals surface area contributed by atoms with Crippen LogP contribution in [0.1, 0.15) is 155 Å². The van der Waals surface area contributed by atoms with Crippen LogP contribution in [0.15, 0.2) is 36.5 Å². The number of allylic oxidation sites excluding steroid dienone is 5. The lowest BCUT2D eigenvalue weighted by atomic mass is 9.96. The van der Waals surface area contributed by atoms with E-state index in [-0.39, 0.29) is 18.9 Å². The average Bonchev–Trinajstić information content (AvgIpc) is 3.36. The Labute approximate surface area is 421 Å². The minimum absolute atomic E-state index is 0.234. The number of rotatable bonds is 37. The molecule has 3 aliphatic rings. The van der Waals surface area contributed by atoms with Crippen LogP contribution in [0.3, 0.4) is 0 Å². The number of carbonyl (C=O) groups is 1. The molecule has 12 N–H and O–H groups in total. The third-order valence-electron chi connectivity index (χ3n) is 13.5. The predicted molar refractivity (Wildman–Crippen MR) is 263 cm³/mol. The van der Waals surface area contributed by atoms with Crippen LogP contribution >= 0.6 is 0 Å². The van der Waals surface area contributed by atoms with Gasteiger partial charge in [0.05, 0.1) is 38.6 Å².